The molecule has 0 aromatic carbocycles. The summed E-state index contributed by atoms with van der Waals surface area (Å²) in [5.41, 5.74) is 7.49. The summed E-state index contributed by atoms with van der Waals surface area (Å²) in [5, 5.41) is 2.20. The summed E-state index contributed by atoms with van der Waals surface area (Å²) in [4.78, 5) is 4.13. The van der Waals surface area contributed by atoms with E-state index in [1.807, 2.05) is 11.3 Å². The Morgan fingerprint density at radius 2 is 2.24 bits per heavy atom. The van der Waals surface area contributed by atoms with Gasteiger partial charge in [0.2, 0.25) is 0 Å². The van der Waals surface area contributed by atoms with Crippen molar-refractivity contribution in [3.8, 4) is 0 Å². The first-order valence-electron chi connectivity index (χ1n) is 6.63. The molecule has 1 aromatic heterocycles. The molecule has 1 aromatic rings. The average molecular weight is 252 g/mol. The molecule has 2 rings (SSSR count). The highest BCUT2D eigenvalue weighted by Crippen LogP contribution is 2.32. The molecule has 2 heterocycles. The van der Waals surface area contributed by atoms with Crippen LogP contribution in [0.1, 0.15) is 43.2 Å². The molecule has 0 bridgehead atoms. The molecule has 1 saturated heterocycles. The number of aryl methyl sites for hydroxylation is 1. The van der Waals surface area contributed by atoms with Crippen molar-refractivity contribution in [1.82, 2.24) is 4.90 Å². The highest BCUT2D eigenvalue weighted by atomic mass is 32.1. The van der Waals surface area contributed by atoms with Gasteiger partial charge in [-0.05, 0) is 63.1 Å². The second-order valence-electron chi connectivity index (χ2n) is 5.40. The van der Waals surface area contributed by atoms with Crippen molar-refractivity contribution in [1.29, 1.82) is 0 Å². The third-order valence-electron chi connectivity index (χ3n) is 4.06. The van der Waals surface area contributed by atoms with Gasteiger partial charge in [-0.1, -0.05) is 0 Å². The maximum atomic E-state index is 6.05. The second-order valence-corrected chi connectivity index (χ2v) is 6.35. The summed E-state index contributed by atoms with van der Waals surface area (Å²) in [6.45, 7) is 9.09. The van der Waals surface area contributed by atoms with Crippen molar-refractivity contribution >= 4 is 11.3 Å². The van der Waals surface area contributed by atoms with E-state index in [0.717, 1.165) is 6.54 Å². The molecule has 0 spiro atoms. The molecule has 1 aliphatic rings. The SMILES string of the molecule is Cc1ccsc1C(C)N1CCCC(C(C)N)C1. The van der Waals surface area contributed by atoms with E-state index in [2.05, 4.69) is 37.1 Å². The summed E-state index contributed by atoms with van der Waals surface area (Å²) in [6.07, 6.45) is 2.59. The quantitative estimate of drug-likeness (QED) is 0.895. The molecule has 3 unspecified atom stereocenters. The smallest absolute Gasteiger partial charge is 0.0416 e. The van der Waals surface area contributed by atoms with Gasteiger partial charge in [0.15, 0.2) is 0 Å². The molecule has 2 nitrogen and oxygen atoms in total. The highest BCUT2D eigenvalue weighted by Gasteiger charge is 2.27. The van der Waals surface area contributed by atoms with E-state index in [0.29, 0.717) is 18.0 Å². The molecule has 0 saturated carbocycles. The Hall–Kier alpha value is -0.380. The first-order valence-corrected chi connectivity index (χ1v) is 7.51. The van der Waals surface area contributed by atoms with E-state index >= 15 is 0 Å². The first kappa shape index (κ1) is 13.1. The predicted octanol–water partition coefficient (Wildman–Crippen LogP) is 3.18. The Labute approximate surface area is 109 Å². The number of thiophene rings is 1. The normalized spacial score (nSPS) is 25.8. The predicted molar refractivity (Wildman–Crippen MR) is 75.4 cm³/mol. The first-order chi connectivity index (χ1) is 8.09. The van der Waals surface area contributed by atoms with Crippen LogP contribution >= 0.6 is 11.3 Å². The lowest BCUT2D eigenvalue weighted by atomic mass is 9.91. The molecule has 17 heavy (non-hydrogen) atoms. The van der Waals surface area contributed by atoms with Crippen LogP contribution in [0.25, 0.3) is 0 Å². The molecule has 3 atom stereocenters. The zero-order valence-electron chi connectivity index (χ0n) is 11.1. The minimum atomic E-state index is 0.328. The van der Waals surface area contributed by atoms with Gasteiger partial charge in [-0.25, -0.2) is 0 Å². The highest BCUT2D eigenvalue weighted by molar-refractivity contribution is 7.10. The third kappa shape index (κ3) is 2.90. The lowest BCUT2D eigenvalue weighted by Gasteiger charge is -2.38. The lowest BCUT2D eigenvalue weighted by molar-refractivity contribution is 0.123. The molecule has 2 N–H and O–H groups in total. The van der Waals surface area contributed by atoms with Gasteiger partial charge in [-0.3, -0.25) is 4.90 Å². The molecule has 0 amide bonds. The summed E-state index contributed by atoms with van der Waals surface area (Å²) >= 11 is 1.89. The minimum Gasteiger partial charge on any atom is -0.328 e. The van der Waals surface area contributed by atoms with Crippen LogP contribution in [0.2, 0.25) is 0 Å². The number of rotatable bonds is 3. The van der Waals surface area contributed by atoms with Crippen molar-refractivity contribution in [3.05, 3.63) is 21.9 Å². The van der Waals surface area contributed by atoms with Gasteiger partial charge in [-0.15, -0.1) is 11.3 Å². The fourth-order valence-electron chi connectivity index (χ4n) is 2.80. The number of hydrogen-bond acceptors (Lipinski definition) is 3. The van der Waals surface area contributed by atoms with Crippen molar-refractivity contribution in [2.45, 2.75) is 45.7 Å². The second kappa shape index (κ2) is 5.51. The molecular weight excluding hydrogens is 228 g/mol. The maximum Gasteiger partial charge on any atom is 0.0416 e. The summed E-state index contributed by atoms with van der Waals surface area (Å²) in [6, 6.07) is 3.11. The van der Waals surface area contributed by atoms with Crippen LogP contribution in [0.15, 0.2) is 11.4 Å². The van der Waals surface area contributed by atoms with Gasteiger partial charge in [0.25, 0.3) is 0 Å². The van der Waals surface area contributed by atoms with Gasteiger partial charge in [0.1, 0.15) is 0 Å². The largest absolute Gasteiger partial charge is 0.328 e. The zero-order chi connectivity index (χ0) is 12.4. The van der Waals surface area contributed by atoms with E-state index in [-0.39, 0.29) is 0 Å². The Morgan fingerprint density at radius 1 is 1.47 bits per heavy atom. The Kier molecular flexibility index (Phi) is 4.23. The number of hydrogen-bond donors (Lipinski definition) is 1. The standard InChI is InChI=1S/C14H24N2S/c1-10-6-8-17-14(10)12(3)16-7-4-5-13(9-16)11(2)15/h6,8,11-13H,4-5,7,9,15H2,1-3H3. The molecule has 96 valence electrons. The molecule has 1 fully saturated rings. The zero-order valence-corrected chi connectivity index (χ0v) is 12.0. The van der Waals surface area contributed by atoms with Crippen molar-refractivity contribution < 1.29 is 0 Å². The van der Waals surface area contributed by atoms with E-state index in [1.54, 1.807) is 0 Å². The molecule has 3 heteroatoms. The third-order valence-corrected chi connectivity index (χ3v) is 5.25. The summed E-state index contributed by atoms with van der Waals surface area (Å²) in [7, 11) is 0. The van der Waals surface area contributed by atoms with Crippen LogP contribution in [0.5, 0.6) is 0 Å². The van der Waals surface area contributed by atoms with Crippen LogP contribution in [-0.2, 0) is 0 Å². The number of nitrogens with zero attached hydrogens (tertiary/aromatic N) is 1. The maximum absolute atomic E-state index is 6.05. The minimum absolute atomic E-state index is 0.328. The van der Waals surface area contributed by atoms with E-state index in [1.165, 1.54) is 29.8 Å². The van der Waals surface area contributed by atoms with Crippen molar-refractivity contribution in [2.24, 2.45) is 11.7 Å². The van der Waals surface area contributed by atoms with Crippen LogP contribution in [0.3, 0.4) is 0 Å². The Balaban J connectivity index is 2.05. The van der Waals surface area contributed by atoms with Gasteiger partial charge in [-0.2, -0.15) is 0 Å². The van der Waals surface area contributed by atoms with E-state index in [9.17, 15) is 0 Å². The summed E-state index contributed by atoms with van der Waals surface area (Å²) < 4.78 is 0. The van der Waals surface area contributed by atoms with Gasteiger partial charge < -0.3 is 5.73 Å². The lowest BCUT2D eigenvalue weighted by Crippen LogP contribution is -2.43. The summed E-state index contributed by atoms with van der Waals surface area (Å²) in [5.74, 6) is 0.673. The van der Waals surface area contributed by atoms with Gasteiger partial charge in [0.05, 0.1) is 0 Å². The van der Waals surface area contributed by atoms with Crippen LogP contribution in [0.4, 0.5) is 0 Å². The van der Waals surface area contributed by atoms with Gasteiger partial charge in [0, 0.05) is 23.5 Å². The fourth-order valence-corrected chi connectivity index (χ4v) is 3.82. The van der Waals surface area contributed by atoms with E-state index < -0.39 is 0 Å². The Bertz CT molecular complexity index is 359. The van der Waals surface area contributed by atoms with Gasteiger partial charge >= 0.3 is 0 Å². The van der Waals surface area contributed by atoms with Crippen LogP contribution in [0, 0.1) is 12.8 Å². The monoisotopic (exact) mass is 252 g/mol. The number of piperidine rings is 1. The number of nitrogens with two attached hydrogens (primary N) is 1. The topological polar surface area (TPSA) is 29.3 Å². The number of likely N-dealkylation sites (tertiary alicyclic amines) is 1. The van der Waals surface area contributed by atoms with Crippen LogP contribution in [-0.4, -0.2) is 24.0 Å². The average Bonchev–Trinajstić information content (AvgIpc) is 2.74. The van der Waals surface area contributed by atoms with E-state index in [4.69, 9.17) is 5.73 Å². The van der Waals surface area contributed by atoms with Crippen LogP contribution < -0.4 is 5.73 Å². The van der Waals surface area contributed by atoms with Crippen molar-refractivity contribution in [2.75, 3.05) is 13.1 Å². The molecule has 0 radical (unpaired) electrons. The molecule has 0 aliphatic carbocycles. The Morgan fingerprint density at radius 3 is 2.82 bits per heavy atom. The fraction of sp³-hybridized carbons (Fsp3) is 0.714. The molecular formula is C14H24N2S. The van der Waals surface area contributed by atoms with Crippen molar-refractivity contribution in [3.63, 3.8) is 0 Å². The molecule has 1 aliphatic heterocycles.